The molecule has 2 aromatic rings. The van der Waals surface area contributed by atoms with Gasteiger partial charge in [-0.15, -0.1) is 0 Å². The highest BCUT2D eigenvalue weighted by atomic mass is 32.2. The minimum Gasteiger partial charge on any atom is -0.298 e. The number of hydrogen-bond acceptors (Lipinski definition) is 4. The Morgan fingerprint density at radius 1 is 1.28 bits per heavy atom. The van der Waals surface area contributed by atoms with E-state index in [9.17, 15) is 13.2 Å². The van der Waals surface area contributed by atoms with Crippen molar-refractivity contribution in [2.45, 2.75) is 11.4 Å². The molecule has 0 N–H and O–H groups in total. The highest BCUT2D eigenvalue weighted by molar-refractivity contribution is 7.90. The molecule has 0 atom stereocenters. The van der Waals surface area contributed by atoms with Gasteiger partial charge in [0, 0.05) is 12.5 Å². The normalized spacial score (nSPS) is 11.4. The number of aromatic nitrogens is 2. The summed E-state index contributed by atoms with van der Waals surface area (Å²) in [6.45, 7) is 0.498. The zero-order valence-corrected chi connectivity index (χ0v) is 10.6. The van der Waals surface area contributed by atoms with Crippen LogP contribution in [0.4, 0.5) is 0 Å². The van der Waals surface area contributed by atoms with Gasteiger partial charge < -0.3 is 0 Å². The van der Waals surface area contributed by atoms with Gasteiger partial charge in [-0.25, -0.2) is 8.42 Å². The summed E-state index contributed by atoms with van der Waals surface area (Å²) < 4.78 is 24.2. The van der Waals surface area contributed by atoms with Crippen LogP contribution in [0.25, 0.3) is 0 Å². The first-order valence-corrected chi connectivity index (χ1v) is 7.15. The second kappa shape index (κ2) is 4.73. The molecule has 1 heterocycles. The van der Waals surface area contributed by atoms with Crippen LogP contribution in [0, 0.1) is 0 Å². The van der Waals surface area contributed by atoms with E-state index in [4.69, 9.17) is 0 Å². The summed E-state index contributed by atoms with van der Waals surface area (Å²) >= 11 is 0. The Kier molecular flexibility index (Phi) is 3.29. The van der Waals surface area contributed by atoms with Crippen LogP contribution in [0.15, 0.2) is 41.6 Å². The molecule has 1 aromatic heterocycles. The van der Waals surface area contributed by atoms with Crippen molar-refractivity contribution in [2.75, 3.05) is 6.26 Å². The maximum absolute atomic E-state index is 11.3. The third kappa shape index (κ3) is 2.84. The highest BCUT2D eigenvalue weighted by Gasteiger charge is 2.06. The predicted octanol–water partition coefficient (Wildman–Crippen LogP) is 1.15. The second-order valence-corrected chi connectivity index (χ2v) is 6.02. The molecular formula is C12H12N2O3S. The number of rotatable bonds is 4. The van der Waals surface area contributed by atoms with E-state index in [1.165, 1.54) is 12.5 Å². The summed E-state index contributed by atoms with van der Waals surface area (Å²) in [6.07, 6.45) is 5.03. The Balaban J connectivity index is 2.18. The Hall–Kier alpha value is -1.95. The minimum absolute atomic E-state index is 0.292. The number of benzene rings is 1. The molecule has 0 spiro atoms. The predicted molar refractivity (Wildman–Crippen MR) is 66.3 cm³/mol. The topological polar surface area (TPSA) is 69.0 Å². The quantitative estimate of drug-likeness (QED) is 0.777. The van der Waals surface area contributed by atoms with Crippen LogP contribution in [0.1, 0.15) is 15.9 Å². The summed E-state index contributed by atoms with van der Waals surface area (Å²) in [5, 5.41) is 4.02. The molecule has 0 saturated carbocycles. The van der Waals surface area contributed by atoms with Crippen LogP contribution in [-0.2, 0) is 16.4 Å². The van der Waals surface area contributed by atoms with Gasteiger partial charge in [0.15, 0.2) is 16.1 Å². The number of carbonyl (C=O) groups excluding carboxylic acids is 1. The van der Waals surface area contributed by atoms with Gasteiger partial charge in [-0.3, -0.25) is 9.48 Å². The Morgan fingerprint density at radius 3 is 2.44 bits per heavy atom. The molecule has 0 aliphatic rings. The third-order valence-corrected chi connectivity index (χ3v) is 3.61. The van der Waals surface area contributed by atoms with Crippen LogP contribution in [0.5, 0.6) is 0 Å². The van der Waals surface area contributed by atoms with E-state index in [1.807, 2.05) is 0 Å². The van der Waals surface area contributed by atoms with Crippen molar-refractivity contribution in [1.82, 2.24) is 9.78 Å². The van der Waals surface area contributed by atoms with Gasteiger partial charge in [0.05, 0.1) is 23.2 Å². The van der Waals surface area contributed by atoms with Gasteiger partial charge in [0.25, 0.3) is 0 Å². The highest BCUT2D eigenvalue weighted by Crippen LogP contribution is 2.11. The van der Waals surface area contributed by atoms with Crippen molar-refractivity contribution in [1.29, 1.82) is 0 Å². The van der Waals surface area contributed by atoms with E-state index in [1.54, 1.807) is 35.1 Å². The van der Waals surface area contributed by atoms with E-state index in [0.717, 1.165) is 11.8 Å². The second-order valence-electron chi connectivity index (χ2n) is 4.01. The largest absolute Gasteiger partial charge is 0.298 e. The van der Waals surface area contributed by atoms with Gasteiger partial charge in [-0.1, -0.05) is 12.1 Å². The number of sulfone groups is 1. The van der Waals surface area contributed by atoms with E-state index < -0.39 is 9.84 Å². The third-order valence-electron chi connectivity index (χ3n) is 2.49. The van der Waals surface area contributed by atoms with Gasteiger partial charge in [0.1, 0.15) is 0 Å². The number of carbonyl (C=O) groups is 1. The summed E-state index contributed by atoms with van der Waals surface area (Å²) in [6, 6.07) is 6.60. The average Bonchev–Trinajstić information content (AvgIpc) is 2.76. The fraction of sp³-hybridized carbons (Fsp3) is 0.167. The van der Waals surface area contributed by atoms with Gasteiger partial charge in [0.2, 0.25) is 0 Å². The maximum atomic E-state index is 11.3. The Bertz CT molecular complexity index is 657. The Labute approximate surface area is 105 Å². The monoisotopic (exact) mass is 264 g/mol. The molecule has 94 valence electrons. The molecule has 0 aliphatic carbocycles. The van der Waals surface area contributed by atoms with Gasteiger partial charge in [-0.2, -0.15) is 5.10 Å². The number of hydrogen-bond donors (Lipinski definition) is 0. The molecule has 0 aliphatic heterocycles. The van der Waals surface area contributed by atoms with E-state index in [-0.39, 0.29) is 0 Å². The van der Waals surface area contributed by atoms with Crippen molar-refractivity contribution < 1.29 is 13.2 Å². The minimum atomic E-state index is -3.16. The van der Waals surface area contributed by atoms with Crippen LogP contribution >= 0.6 is 0 Å². The molecule has 5 nitrogen and oxygen atoms in total. The standard InChI is InChI=1S/C12H12N2O3S/c1-18(16,17)12-4-2-10(3-5-12)7-14-8-11(9-15)6-13-14/h2-6,8-9H,7H2,1H3. The molecule has 0 amide bonds. The Morgan fingerprint density at radius 2 is 1.94 bits per heavy atom. The summed E-state index contributed by atoms with van der Waals surface area (Å²) in [5.74, 6) is 0. The van der Waals surface area contributed by atoms with E-state index >= 15 is 0 Å². The van der Waals surface area contributed by atoms with Crippen LogP contribution < -0.4 is 0 Å². The summed E-state index contributed by atoms with van der Waals surface area (Å²) in [7, 11) is -3.16. The summed E-state index contributed by atoms with van der Waals surface area (Å²) in [4.78, 5) is 10.8. The van der Waals surface area contributed by atoms with Crippen molar-refractivity contribution in [3.63, 3.8) is 0 Å². The van der Waals surface area contributed by atoms with Crippen molar-refractivity contribution in [3.8, 4) is 0 Å². The van der Waals surface area contributed by atoms with Crippen LogP contribution in [0.3, 0.4) is 0 Å². The molecule has 2 rings (SSSR count). The number of nitrogens with zero attached hydrogens (tertiary/aromatic N) is 2. The van der Waals surface area contributed by atoms with Crippen LogP contribution in [0.2, 0.25) is 0 Å². The first kappa shape index (κ1) is 12.5. The molecular weight excluding hydrogens is 252 g/mol. The lowest BCUT2D eigenvalue weighted by atomic mass is 10.2. The van der Waals surface area contributed by atoms with Gasteiger partial charge in [-0.05, 0) is 17.7 Å². The first-order valence-electron chi connectivity index (χ1n) is 5.25. The molecule has 0 saturated heterocycles. The molecule has 1 aromatic carbocycles. The molecule has 0 unspecified atom stereocenters. The first-order chi connectivity index (χ1) is 8.49. The smallest absolute Gasteiger partial charge is 0.175 e. The van der Waals surface area contributed by atoms with E-state index in [0.29, 0.717) is 17.0 Å². The van der Waals surface area contributed by atoms with Crippen molar-refractivity contribution in [3.05, 3.63) is 47.8 Å². The molecule has 0 bridgehead atoms. The van der Waals surface area contributed by atoms with Gasteiger partial charge >= 0.3 is 0 Å². The zero-order valence-electron chi connectivity index (χ0n) is 9.78. The lowest BCUT2D eigenvalue weighted by molar-refractivity contribution is 0.112. The van der Waals surface area contributed by atoms with Crippen molar-refractivity contribution in [2.24, 2.45) is 0 Å². The average molecular weight is 264 g/mol. The number of aldehydes is 1. The zero-order chi connectivity index (χ0) is 13.2. The molecule has 18 heavy (non-hydrogen) atoms. The SMILES string of the molecule is CS(=O)(=O)c1ccc(Cn2cc(C=O)cn2)cc1. The molecule has 0 radical (unpaired) electrons. The fourth-order valence-electron chi connectivity index (χ4n) is 1.56. The lowest BCUT2D eigenvalue weighted by Gasteiger charge is -2.03. The van der Waals surface area contributed by atoms with E-state index in [2.05, 4.69) is 5.10 Å². The molecule has 6 heteroatoms. The fourth-order valence-corrected chi connectivity index (χ4v) is 2.19. The maximum Gasteiger partial charge on any atom is 0.175 e. The lowest BCUT2D eigenvalue weighted by Crippen LogP contribution is -2.01. The molecule has 0 fully saturated rings. The summed E-state index contributed by atoms with van der Waals surface area (Å²) in [5.41, 5.74) is 1.44. The van der Waals surface area contributed by atoms with Crippen LogP contribution in [-0.4, -0.2) is 30.7 Å². The van der Waals surface area contributed by atoms with Crippen molar-refractivity contribution >= 4 is 16.1 Å².